The number of nitrogens with one attached hydrogen (secondary N) is 3. The Balaban J connectivity index is 1.73. The topological polar surface area (TPSA) is 206 Å². The molecule has 0 bridgehead atoms. The highest BCUT2D eigenvalue weighted by molar-refractivity contribution is 7.92. The molecule has 0 aliphatic carbocycles. The van der Waals surface area contributed by atoms with Crippen molar-refractivity contribution in [2.75, 3.05) is 10.6 Å². The summed E-state index contributed by atoms with van der Waals surface area (Å²) in [6.45, 7) is 8.30. The van der Waals surface area contributed by atoms with Gasteiger partial charge in [0.05, 0.1) is 28.1 Å². The zero-order valence-electron chi connectivity index (χ0n) is 24.3. The molecule has 0 atom stereocenters. The summed E-state index contributed by atoms with van der Waals surface area (Å²) in [6.07, 6.45) is 0.357. The average molecular weight is 638 g/mol. The van der Waals surface area contributed by atoms with Crippen LogP contribution in [0.2, 0.25) is 5.02 Å². The van der Waals surface area contributed by atoms with Crippen molar-refractivity contribution < 1.29 is 38.7 Å². The van der Waals surface area contributed by atoms with E-state index in [9.17, 15) is 34.0 Å². The number of benzene rings is 2. The van der Waals surface area contributed by atoms with Crippen molar-refractivity contribution in [3.8, 4) is 11.5 Å². The number of hydrogen-bond acceptors (Lipinski definition) is 13. The van der Waals surface area contributed by atoms with Gasteiger partial charge in [-0.2, -0.15) is 4.98 Å². The Hall–Kier alpha value is -3.24. The van der Waals surface area contributed by atoms with Crippen LogP contribution in [0.4, 0.5) is 23.1 Å². The number of hydrogen-bond donors (Lipinski definition) is 8. The van der Waals surface area contributed by atoms with Gasteiger partial charge in [0.25, 0.3) is 0 Å². The van der Waals surface area contributed by atoms with E-state index in [-0.39, 0.29) is 63.5 Å². The van der Waals surface area contributed by atoms with Gasteiger partial charge in [-0.25, -0.2) is 18.7 Å². The van der Waals surface area contributed by atoms with Gasteiger partial charge in [-0.3, -0.25) is 0 Å². The first kappa shape index (κ1) is 32.7. The first-order valence-corrected chi connectivity index (χ1v) is 15.4. The maximum Gasteiger partial charge on any atom is 0.229 e. The smallest absolute Gasteiger partial charge is 0.229 e. The van der Waals surface area contributed by atoms with Crippen LogP contribution < -0.4 is 20.7 Å². The van der Waals surface area contributed by atoms with Crippen molar-refractivity contribution in [3.63, 3.8) is 0 Å². The summed E-state index contributed by atoms with van der Waals surface area (Å²) < 4.78 is 31.8. The van der Waals surface area contributed by atoms with Crippen molar-refractivity contribution in [2.24, 2.45) is 0 Å². The van der Waals surface area contributed by atoms with Gasteiger partial charge in [-0.15, -0.1) is 0 Å². The molecule has 15 heteroatoms. The first-order chi connectivity index (χ1) is 19.9. The van der Waals surface area contributed by atoms with Crippen molar-refractivity contribution in [1.29, 1.82) is 0 Å². The van der Waals surface area contributed by atoms with E-state index < -0.39 is 32.8 Å². The van der Waals surface area contributed by atoms with E-state index in [1.807, 2.05) is 5.32 Å². The molecule has 0 unspecified atom stereocenters. The Morgan fingerprint density at radius 2 is 1.70 bits per heavy atom. The molecule has 0 saturated carbocycles. The predicted molar refractivity (Wildman–Crippen MR) is 160 cm³/mol. The number of anilines is 4. The second-order valence-electron chi connectivity index (χ2n) is 11.1. The molecule has 3 aromatic rings. The second kappa shape index (κ2) is 12.0. The van der Waals surface area contributed by atoms with Gasteiger partial charge in [0.2, 0.25) is 17.8 Å². The Kier molecular flexibility index (Phi) is 9.14. The second-order valence-corrected chi connectivity index (χ2v) is 14.0. The summed E-state index contributed by atoms with van der Waals surface area (Å²) in [5.74, 6) is -5.94. The molecule has 13 nitrogen and oxygen atoms in total. The largest absolute Gasteiger partial charge is 0.505 e. The van der Waals surface area contributed by atoms with Gasteiger partial charge in [-0.05, 0) is 69.9 Å². The lowest BCUT2D eigenvalue weighted by atomic mass is 9.83. The number of halogens is 1. The fourth-order valence-electron chi connectivity index (χ4n) is 4.88. The Bertz CT molecular complexity index is 1600. The lowest BCUT2D eigenvalue weighted by Gasteiger charge is -2.41. The number of ether oxygens (including phenoxy) is 1. The monoisotopic (exact) mass is 637 g/mol. The number of aromatic hydroxyl groups is 1. The van der Waals surface area contributed by atoms with Gasteiger partial charge in [0, 0.05) is 12.8 Å². The molecule has 234 valence electrons. The zero-order chi connectivity index (χ0) is 31.9. The number of phenols is 1. The highest BCUT2D eigenvalue weighted by Gasteiger charge is 2.45. The van der Waals surface area contributed by atoms with Crippen LogP contribution in [-0.4, -0.2) is 67.1 Å². The molecule has 1 fully saturated rings. The fourth-order valence-corrected chi connectivity index (χ4v) is 6.22. The minimum Gasteiger partial charge on any atom is -0.505 e. The lowest BCUT2D eigenvalue weighted by Crippen LogP contribution is -2.63. The lowest BCUT2D eigenvalue weighted by molar-refractivity contribution is -0.313. The first-order valence-electron chi connectivity index (χ1n) is 13.5. The average Bonchev–Trinajstić information content (AvgIpc) is 2.88. The van der Waals surface area contributed by atoms with E-state index in [0.717, 1.165) is 0 Å². The molecule has 1 aliphatic rings. The maximum absolute atomic E-state index is 12.9. The standard InChI is InChI=1S/C28H36ClN5O8S/c1-14(2)42-21-10-18(17-11-27(36,37)34-28(38,39)12-17)16(5)24(35)23(21)32-26-30-13-19(29)25(33-26)31-20-8-6-7-9-22(20)43(40,41)15(3)4/h6-10,13-15,17,34-39H,11-12H2,1-5H3,(H2,30,31,32,33). The third-order valence-corrected chi connectivity index (χ3v) is 9.36. The Labute approximate surface area is 254 Å². The highest BCUT2D eigenvalue weighted by Crippen LogP contribution is 2.46. The van der Waals surface area contributed by atoms with Crippen LogP contribution in [0.15, 0.2) is 41.4 Å². The molecular formula is C28H36ClN5O8S. The van der Waals surface area contributed by atoms with Gasteiger partial charge >= 0.3 is 0 Å². The SMILES string of the molecule is Cc1c(C2CC(O)(O)NC(O)(O)C2)cc(OC(C)C)c(Nc2ncc(Cl)c(Nc3ccccc3S(=O)(=O)C(C)C)n2)c1O. The van der Waals surface area contributed by atoms with Gasteiger partial charge in [-0.1, -0.05) is 23.7 Å². The van der Waals surface area contributed by atoms with Gasteiger partial charge in [0.15, 0.2) is 15.7 Å². The van der Waals surface area contributed by atoms with E-state index in [2.05, 4.69) is 20.6 Å². The molecule has 43 heavy (non-hydrogen) atoms. The van der Waals surface area contributed by atoms with Crippen molar-refractivity contribution in [1.82, 2.24) is 15.3 Å². The van der Waals surface area contributed by atoms with Gasteiger partial charge in [0.1, 0.15) is 22.2 Å². The molecule has 8 N–H and O–H groups in total. The Morgan fingerprint density at radius 3 is 2.30 bits per heavy atom. The van der Waals surface area contributed by atoms with Crippen LogP contribution >= 0.6 is 11.6 Å². The number of aromatic nitrogens is 2. The minimum atomic E-state index is -3.64. The molecule has 1 aromatic heterocycles. The summed E-state index contributed by atoms with van der Waals surface area (Å²) >= 11 is 6.36. The van der Waals surface area contributed by atoms with Crippen LogP contribution in [0.3, 0.4) is 0 Å². The molecule has 0 spiro atoms. The van der Waals surface area contributed by atoms with E-state index >= 15 is 0 Å². The normalized spacial score (nSPS) is 16.8. The molecule has 0 amide bonds. The molecule has 4 rings (SSSR count). The van der Waals surface area contributed by atoms with E-state index in [1.165, 1.54) is 12.3 Å². The third-order valence-electron chi connectivity index (χ3n) is 6.87. The number of rotatable bonds is 9. The molecule has 1 saturated heterocycles. The number of aliphatic hydroxyl groups is 4. The Morgan fingerprint density at radius 1 is 1.07 bits per heavy atom. The molecule has 2 aromatic carbocycles. The van der Waals surface area contributed by atoms with Crippen molar-refractivity contribution >= 4 is 44.6 Å². The summed E-state index contributed by atoms with van der Waals surface area (Å²) in [5.41, 5.74) is 1.09. The highest BCUT2D eigenvalue weighted by atomic mass is 35.5. The van der Waals surface area contributed by atoms with Gasteiger partial charge < -0.3 is 40.9 Å². The van der Waals surface area contributed by atoms with Crippen LogP contribution in [0, 0.1) is 6.92 Å². The van der Waals surface area contributed by atoms with E-state index in [0.29, 0.717) is 11.1 Å². The van der Waals surface area contributed by atoms with Crippen LogP contribution in [0.25, 0.3) is 0 Å². The molecule has 0 radical (unpaired) electrons. The molecule has 2 heterocycles. The number of sulfone groups is 1. The predicted octanol–water partition coefficient (Wildman–Crippen LogP) is 3.34. The van der Waals surface area contributed by atoms with Crippen molar-refractivity contribution in [2.45, 2.75) is 81.4 Å². The maximum atomic E-state index is 12.9. The fraction of sp³-hybridized carbons (Fsp3) is 0.429. The summed E-state index contributed by atoms with van der Waals surface area (Å²) in [6, 6.07) is 7.94. The van der Waals surface area contributed by atoms with Crippen LogP contribution in [-0.2, 0) is 9.84 Å². The number of nitrogens with zero attached hydrogens (tertiary/aromatic N) is 2. The number of piperidine rings is 1. The quantitative estimate of drug-likeness (QED) is 0.125. The number of para-hydroxylation sites is 1. The number of phenolic OH excluding ortho intramolecular Hbond substituents is 1. The summed E-state index contributed by atoms with van der Waals surface area (Å²) in [7, 11) is -3.64. The minimum absolute atomic E-state index is 0.0107. The third kappa shape index (κ3) is 7.29. The van der Waals surface area contributed by atoms with Crippen molar-refractivity contribution in [3.05, 3.63) is 52.7 Å². The van der Waals surface area contributed by atoms with E-state index in [4.69, 9.17) is 16.3 Å². The van der Waals surface area contributed by atoms with E-state index in [1.54, 1.807) is 58.9 Å². The zero-order valence-corrected chi connectivity index (χ0v) is 25.8. The van der Waals surface area contributed by atoms with Crippen LogP contribution in [0.5, 0.6) is 11.5 Å². The van der Waals surface area contributed by atoms with Crippen LogP contribution in [0.1, 0.15) is 57.6 Å². The molecule has 1 aliphatic heterocycles. The summed E-state index contributed by atoms with van der Waals surface area (Å²) in [4.78, 5) is 8.68. The summed E-state index contributed by atoms with van der Waals surface area (Å²) in [5, 5.41) is 59.2. The molecular weight excluding hydrogens is 602 g/mol.